The van der Waals surface area contributed by atoms with Crippen molar-refractivity contribution in [3.8, 4) is 0 Å². The lowest BCUT2D eigenvalue weighted by atomic mass is 10.1. The third-order valence-corrected chi connectivity index (χ3v) is 2.86. The first-order valence-corrected chi connectivity index (χ1v) is 5.26. The van der Waals surface area contributed by atoms with Crippen LogP contribution in [0.2, 0.25) is 0 Å². The molecule has 2 nitrogen and oxygen atoms in total. The van der Waals surface area contributed by atoms with Gasteiger partial charge in [0.05, 0.1) is 6.04 Å². The van der Waals surface area contributed by atoms with Crippen LogP contribution in [0.4, 0.5) is 0 Å². The molecular weight excluding hydrogens is 186 g/mol. The number of likely N-dealkylation sites (N-methyl/N-ethyl adjacent to an activating group) is 1. The molecule has 1 saturated heterocycles. The van der Waals surface area contributed by atoms with Crippen molar-refractivity contribution in [3.63, 3.8) is 0 Å². The zero-order chi connectivity index (χ0) is 10.7. The number of rotatable bonds is 2. The highest BCUT2D eigenvalue weighted by Gasteiger charge is 2.24. The van der Waals surface area contributed by atoms with Crippen LogP contribution in [0.5, 0.6) is 0 Å². The van der Waals surface area contributed by atoms with Crippen molar-refractivity contribution in [3.05, 3.63) is 42.0 Å². The van der Waals surface area contributed by atoms with E-state index in [9.17, 15) is 4.79 Å². The number of hydrogen-bond acceptors (Lipinski definition) is 1. The van der Waals surface area contributed by atoms with Crippen molar-refractivity contribution in [2.24, 2.45) is 0 Å². The molecule has 1 heterocycles. The third-order valence-electron chi connectivity index (χ3n) is 2.86. The minimum atomic E-state index is 0.248. The first-order chi connectivity index (χ1) is 7.27. The van der Waals surface area contributed by atoms with E-state index in [0.29, 0.717) is 6.42 Å². The smallest absolute Gasteiger partial charge is 0.222 e. The number of benzene rings is 1. The maximum Gasteiger partial charge on any atom is 0.222 e. The summed E-state index contributed by atoms with van der Waals surface area (Å²) in [6.45, 7) is 0. The van der Waals surface area contributed by atoms with Crippen LogP contribution >= 0.6 is 0 Å². The Bertz CT molecular complexity index is 369. The van der Waals surface area contributed by atoms with Gasteiger partial charge in [0.1, 0.15) is 0 Å². The number of nitrogens with zero attached hydrogens (tertiary/aromatic N) is 1. The van der Waals surface area contributed by atoms with Gasteiger partial charge in [0.25, 0.3) is 0 Å². The van der Waals surface area contributed by atoms with Crippen molar-refractivity contribution in [1.29, 1.82) is 0 Å². The molecule has 1 aromatic rings. The second-order valence-corrected chi connectivity index (χ2v) is 3.88. The summed E-state index contributed by atoms with van der Waals surface area (Å²) in [7, 11) is 1.87. The van der Waals surface area contributed by atoms with E-state index in [4.69, 9.17) is 0 Å². The second kappa shape index (κ2) is 4.30. The molecule has 2 heteroatoms. The van der Waals surface area contributed by atoms with E-state index in [1.165, 1.54) is 5.56 Å². The molecule has 1 aliphatic heterocycles. The highest BCUT2D eigenvalue weighted by atomic mass is 16.2. The van der Waals surface area contributed by atoms with Gasteiger partial charge in [0.2, 0.25) is 5.91 Å². The van der Waals surface area contributed by atoms with Crippen molar-refractivity contribution in [2.75, 3.05) is 7.05 Å². The summed E-state index contributed by atoms with van der Waals surface area (Å²) >= 11 is 0. The predicted molar refractivity (Wildman–Crippen MR) is 61.3 cm³/mol. The molecule has 0 spiro atoms. The van der Waals surface area contributed by atoms with Crippen molar-refractivity contribution in [2.45, 2.75) is 18.9 Å². The quantitative estimate of drug-likeness (QED) is 0.719. The molecule has 15 heavy (non-hydrogen) atoms. The van der Waals surface area contributed by atoms with Gasteiger partial charge in [-0.15, -0.1) is 0 Å². The number of amides is 1. The van der Waals surface area contributed by atoms with Gasteiger partial charge in [-0.2, -0.15) is 0 Å². The second-order valence-electron chi connectivity index (χ2n) is 3.88. The molecule has 0 saturated carbocycles. The SMILES string of the molecule is CN1C(=O)CCC1/C=C\c1ccccc1. The first-order valence-electron chi connectivity index (χ1n) is 5.26. The van der Waals surface area contributed by atoms with Crippen LogP contribution in [0.15, 0.2) is 36.4 Å². The largest absolute Gasteiger partial charge is 0.339 e. The van der Waals surface area contributed by atoms with Crippen LogP contribution in [-0.2, 0) is 4.79 Å². The predicted octanol–water partition coefficient (Wildman–Crippen LogP) is 2.32. The molecule has 1 aromatic carbocycles. The van der Waals surface area contributed by atoms with Crippen molar-refractivity contribution < 1.29 is 4.79 Å². The third kappa shape index (κ3) is 2.27. The minimum absolute atomic E-state index is 0.248. The van der Waals surface area contributed by atoms with Crippen molar-refractivity contribution in [1.82, 2.24) is 4.90 Å². The molecule has 2 rings (SSSR count). The van der Waals surface area contributed by atoms with Gasteiger partial charge in [-0.05, 0) is 12.0 Å². The van der Waals surface area contributed by atoms with Gasteiger partial charge < -0.3 is 4.90 Å². The summed E-state index contributed by atoms with van der Waals surface area (Å²) in [5, 5.41) is 0. The van der Waals surface area contributed by atoms with E-state index in [0.717, 1.165) is 6.42 Å². The molecule has 0 N–H and O–H groups in total. The standard InChI is InChI=1S/C13H15NO/c1-14-12(9-10-13(14)15)8-7-11-5-3-2-4-6-11/h2-8,12H,9-10H2,1H3/b8-7-. The summed E-state index contributed by atoms with van der Waals surface area (Å²) in [5.74, 6) is 0.248. The lowest BCUT2D eigenvalue weighted by Crippen LogP contribution is -2.26. The van der Waals surface area contributed by atoms with Crippen LogP contribution in [0.1, 0.15) is 18.4 Å². The lowest BCUT2D eigenvalue weighted by molar-refractivity contribution is -0.127. The molecule has 1 aliphatic rings. The highest BCUT2D eigenvalue weighted by Crippen LogP contribution is 2.18. The van der Waals surface area contributed by atoms with Crippen LogP contribution in [0, 0.1) is 0 Å². The Morgan fingerprint density at radius 2 is 2.07 bits per heavy atom. The Kier molecular flexibility index (Phi) is 2.86. The van der Waals surface area contributed by atoms with E-state index < -0.39 is 0 Å². The molecular formula is C13H15NO. The zero-order valence-corrected chi connectivity index (χ0v) is 8.89. The molecule has 1 fully saturated rings. The zero-order valence-electron chi connectivity index (χ0n) is 8.89. The first kappa shape index (κ1) is 9.97. The number of hydrogen-bond donors (Lipinski definition) is 0. The average molecular weight is 201 g/mol. The maximum atomic E-state index is 11.3. The Labute approximate surface area is 90.2 Å². The number of carbonyl (C=O) groups is 1. The van der Waals surface area contributed by atoms with Crippen molar-refractivity contribution >= 4 is 12.0 Å². The highest BCUT2D eigenvalue weighted by molar-refractivity contribution is 5.79. The van der Waals surface area contributed by atoms with E-state index in [-0.39, 0.29) is 11.9 Å². The van der Waals surface area contributed by atoms with Crippen LogP contribution in [0.3, 0.4) is 0 Å². The molecule has 0 radical (unpaired) electrons. The minimum Gasteiger partial charge on any atom is -0.339 e. The Morgan fingerprint density at radius 3 is 2.67 bits per heavy atom. The molecule has 0 bridgehead atoms. The van der Waals surface area contributed by atoms with Crippen LogP contribution < -0.4 is 0 Å². The maximum absolute atomic E-state index is 11.3. The number of likely N-dealkylation sites (tertiary alicyclic amines) is 1. The fourth-order valence-electron chi connectivity index (χ4n) is 1.84. The fraction of sp³-hybridized carbons (Fsp3) is 0.308. The molecule has 0 aliphatic carbocycles. The molecule has 78 valence electrons. The topological polar surface area (TPSA) is 20.3 Å². The van der Waals surface area contributed by atoms with E-state index >= 15 is 0 Å². The van der Waals surface area contributed by atoms with E-state index in [1.807, 2.05) is 30.1 Å². The normalized spacial score (nSPS) is 21.5. The van der Waals surface area contributed by atoms with Crippen LogP contribution in [0.25, 0.3) is 6.08 Å². The Morgan fingerprint density at radius 1 is 1.33 bits per heavy atom. The summed E-state index contributed by atoms with van der Waals surface area (Å²) < 4.78 is 0. The van der Waals surface area contributed by atoms with Gasteiger partial charge in [-0.3, -0.25) is 4.79 Å². The summed E-state index contributed by atoms with van der Waals surface area (Å²) in [5.41, 5.74) is 1.19. The Hall–Kier alpha value is -1.57. The average Bonchev–Trinajstić information content (AvgIpc) is 2.59. The summed E-state index contributed by atoms with van der Waals surface area (Å²) in [6, 6.07) is 10.4. The Balaban J connectivity index is 2.04. The molecule has 0 aromatic heterocycles. The van der Waals surface area contributed by atoms with Gasteiger partial charge in [-0.1, -0.05) is 42.5 Å². The van der Waals surface area contributed by atoms with Gasteiger partial charge in [0.15, 0.2) is 0 Å². The van der Waals surface area contributed by atoms with Gasteiger partial charge in [-0.25, -0.2) is 0 Å². The molecule has 1 amide bonds. The van der Waals surface area contributed by atoms with Gasteiger partial charge >= 0.3 is 0 Å². The molecule has 1 unspecified atom stereocenters. The van der Waals surface area contributed by atoms with E-state index in [2.05, 4.69) is 24.3 Å². The lowest BCUT2D eigenvalue weighted by Gasteiger charge is -2.15. The van der Waals surface area contributed by atoms with E-state index in [1.54, 1.807) is 0 Å². The van der Waals surface area contributed by atoms with Crippen LogP contribution in [-0.4, -0.2) is 23.9 Å². The van der Waals surface area contributed by atoms with Gasteiger partial charge in [0, 0.05) is 13.5 Å². The summed E-state index contributed by atoms with van der Waals surface area (Å²) in [4.78, 5) is 13.1. The summed E-state index contributed by atoms with van der Waals surface area (Å²) in [6.07, 6.45) is 5.82. The number of carbonyl (C=O) groups excluding carboxylic acids is 1. The molecule has 1 atom stereocenters. The fourth-order valence-corrected chi connectivity index (χ4v) is 1.84. The monoisotopic (exact) mass is 201 g/mol.